The molecule has 3 aliphatic rings. The van der Waals surface area contributed by atoms with E-state index in [0.717, 1.165) is 34.2 Å². The van der Waals surface area contributed by atoms with Crippen LogP contribution in [0.1, 0.15) is 45.0 Å². The molecule has 0 bridgehead atoms. The van der Waals surface area contributed by atoms with Crippen molar-refractivity contribution in [3.8, 4) is 33.8 Å². The van der Waals surface area contributed by atoms with Gasteiger partial charge in [-0.25, -0.2) is 0 Å². The van der Waals surface area contributed by atoms with E-state index in [-0.39, 0.29) is 6.04 Å². The number of rotatable bonds is 4. The van der Waals surface area contributed by atoms with Crippen molar-refractivity contribution in [3.05, 3.63) is 233 Å². The molecule has 0 radical (unpaired) electrons. The van der Waals surface area contributed by atoms with Gasteiger partial charge < -0.3 is 10.1 Å². The van der Waals surface area contributed by atoms with E-state index in [2.05, 4.69) is 193 Å². The van der Waals surface area contributed by atoms with Gasteiger partial charge in [-0.05, 0) is 79.6 Å². The lowest BCUT2D eigenvalue weighted by atomic mass is 9.65. The largest absolute Gasteiger partial charge is 0.457 e. The molecule has 3 nitrogen and oxygen atoms in total. The third-order valence-electron chi connectivity index (χ3n) is 11.4. The number of aliphatic imine (C=N–C) groups is 1. The number of benzene rings is 8. The van der Waals surface area contributed by atoms with Crippen molar-refractivity contribution >= 4 is 22.3 Å². The molecule has 0 saturated heterocycles. The Morgan fingerprint density at radius 1 is 0.481 bits per heavy atom. The Morgan fingerprint density at radius 2 is 1.09 bits per heavy atom. The first-order valence-electron chi connectivity index (χ1n) is 18.6. The van der Waals surface area contributed by atoms with E-state index in [1.165, 1.54) is 60.8 Å². The summed E-state index contributed by atoms with van der Waals surface area (Å²) in [5.41, 5.74) is 13.7. The highest BCUT2D eigenvalue weighted by Gasteiger charge is 2.52. The minimum Gasteiger partial charge on any atom is -0.457 e. The molecule has 1 atom stereocenters. The summed E-state index contributed by atoms with van der Waals surface area (Å²) >= 11 is 0. The normalized spacial score (nSPS) is 15.9. The molecule has 0 fully saturated rings. The van der Waals surface area contributed by atoms with Crippen LogP contribution < -0.4 is 10.1 Å². The van der Waals surface area contributed by atoms with Crippen molar-refractivity contribution in [2.24, 2.45) is 4.99 Å². The number of hydrogen-bond donors (Lipinski definition) is 1. The molecule has 1 unspecified atom stereocenters. The van der Waals surface area contributed by atoms with Crippen molar-refractivity contribution in [2.75, 3.05) is 0 Å². The quantitative estimate of drug-likeness (QED) is 0.199. The average molecular weight is 691 g/mol. The van der Waals surface area contributed by atoms with Gasteiger partial charge in [0.1, 0.15) is 17.3 Å². The molecule has 1 N–H and O–H groups in total. The predicted octanol–water partition coefficient (Wildman–Crippen LogP) is 12.1. The van der Waals surface area contributed by atoms with Crippen LogP contribution in [-0.4, -0.2) is 5.84 Å². The maximum atomic E-state index is 6.64. The Bertz CT molecular complexity index is 2770. The summed E-state index contributed by atoms with van der Waals surface area (Å²) in [5.74, 6) is 2.68. The molecule has 1 aliphatic carbocycles. The number of ether oxygens (including phenoxy) is 1. The van der Waals surface area contributed by atoms with Gasteiger partial charge in [0.15, 0.2) is 0 Å². The maximum absolute atomic E-state index is 6.64. The fourth-order valence-corrected chi connectivity index (χ4v) is 8.97. The molecule has 0 amide bonds. The van der Waals surface area contributed by atoms with Crippen LogP contribution in [0.2, 0.25) is 0 Å². The zero-order valence-electron chi connectivity index (χ0n) is 29.4. The zero-order chi connectivity index (χ0) is 35.6. The monoisotopic (exact) mass is 690 g/mol. The van der Waals surface area contributed by atoms with E-state index in [1.807, 2.05) is 6.07 Å². The van der Waals surface area contributed by atoms with Crippen LogP contribution in [-0.2, 0) is 5.41 Å². The fourth-order valence-electron chi connectivity index (χ4n) is 8.97. The van der Waals surface area contributed by atoms with E-state index in [4.69, 9.17) is 9.73 Å². The number of nitrogens with zero attached hydrogens (tertiary/aromatic N) is 1. The van der Waals surface area contributed by atoms with Gasteiger partial charge in [-0.2, -0.15) is 0 Å². The van der Waals surface area contributed by atoms with E-state index in [0.29, 0.717) is 0 Å². The summed E-state index contributed by atoms with van der Waals surface area (Å²) in [6, 6.07) is 67.4. The summed E-state index contributed by atoms with van der Waals surface area (Å²) in [6.45, 7) is 0. The van der Waals surface area contributed by atoms with Gasteiger partial charge in [0.25, 0.3) is 0 Å². The summed E-state index contributed by atoms with van der Waals surface area (Å²) in [6.07, 6.45) is 2.23. The Hall–Kier alpha value is -6.97. The van der Waals surface area contributed by atoms with Gasteiger partial charge >= 0.3 is 0 Å². The predicted molar refractivity (Wildman–Crippen MR) is 220 cm³/mol. The van der Waals surface area contributed by atoms with Crippen molar-refractivity contribution < 1.29 is 4.74 Å². The van der Waals surface area contributed by atoms with Gasteiger partial charge in [-0.3, -0.25) is 4.99 Å². The molecule has 8 aromatic carbocycles. The van der Waals surface area contributed by atoms with Crippen molar-refractivity contribution in [1.29, 1.82) is 0 Å². The van der Waals surface area contributed by atoms with Crippen molar-refractivity contribution in [1.82, 2.24) is 5.32 Å². The van der Waals surface area contributed by atoms with E-state index in [1.54, 1.807) is 0 Å². The maximum Gasteiger partial charge on any atom is 0.133 e. The first kappa shape index (κ1) is 30.6. The van der Waals surface area contributed by atoms with E-state index >= 15 is 0 Å². The van der Waals surface area contributed by atoms with Gasteiger partial charge in [0.05, 0.1) is 11.5 Å². The summed E-state index contributed by atoms with van der Waals surface area (Å²) in [4.78, 5) is 5.13. The minimum absolute atomic E-state index is 0.0897. The molecule has 2 heterocycles. The summed E-state index contributed by atoms with van der Waals surface area (Å²) in [7, 11) is 0. The van der Waals surface area contributed by atoms with E-state index in [9.17, 15) is 0 Å². The Morgan fingerprint density at radius 3 is 1.85 bits per heavy atom. The molecule has 0 aromatic heterocycles. The SMILES string of the molecule is C1=C(c2ccc(-c3ccc4c(c3)C3(c5ccccc5Oc5ccccc53)c3c-4ccc4ccccc34)cc2)NC(c2ccccc2)=NC1c1ccccc1. The number of amidine groups is 1. The van der Waals surface area contributed by atoms with Crippen LogP contribution in [0.3, 0.4) is 0 Å². The van der Waals surface area contributed by atoms with Crippen LogP contribution in [0.25, 0.3) is 38.7 Å². The fraction of sp³-hybridized carbons (Fsp3) is 0.0392. The lowest BCUT2D eigenvalue weighted by molar-refractivity contribution is 0.437. The van der Waals surface area contributed by atoms with Crippen LogP contribution in [0.15, 0.2) is 199 Å². The number of hydrogen-bond acceptors (Lipinski definition) is 3. The van der Waals surface area contributed by atoms with Crippen LogP contribution in [0, 0.1) is 0 Å². The second kappa shape index (κ2) is 12.0. The molecule has 0 saturated carbocycles. The molecular weight excluding hydrogens is 657 g/mol. The second-order valence-electron chi connectivity index (χ2n) is 14.3. The molecule has 8 aromatic rings. The summed E-state index contributed by atoms with van der Waals surface area (Å²) in [5, 5.41) is 6.17. The summed E-state index contributed by atoms with van der Waals surface area (Å²) < 4.78 is 6.64. The number of fused-ring (bicyclic) bond motifs is 11. The highest BCUT2D eigenvalue weighted by Crippen LogP contribution is 2.63. The van der Waals surface area contributed by atoms with Crippen LogP contribution in [0.4, 0.5) is 0 Å². The zero-order valence-corrected chi connectivity index (χ0v) is 29.4. The second-order valence-corrected chi connectivity index (χ2v) is 14.3. The average Bonchev–Trinajstić information content (AvgIpc) is 3.54. The standard InChI is InChI=1S/C51H34N2O/c1-3-14-35(15-4-1)45-32-46(53-50(52-45)37-16-5-2-6-17-37)36-25-23-33(24-26-36)38-28-29-40-41-30-27-34-13-7-8-18-39(34)49(41)51(44(40)31-38)42-19-9-11-21-47(42)54-48-22-12-10-20-43(48)51/h1-32,45H,(H,52,53). The van der Waals surface area contributed by atoms with Crippen molar-refractivity contribution in [3.63, 3.8) is 0 Å². The highest BCUT2D eigenvalue weighted by atomic mass is 16.5. The minimum atomic E-state index is -0.552. The molecule has 11 rings (SSSR count). The molecule has 54 heavy (non-hydrogen) atoms. The lowest BCUT2D eigenvalue weighted by Crippen LogP contribution is -2.32. The van der Waals surface area contributed by atoms with Gasteiger partial charge in [-0.1, -0.05) is 170 Å². The molecule has 1 spiro atoms. The van der Waals surface area contributed by atoms with E-state index < -0.39 is 5.41 Å². The highest BCUT2D eigenvalue weighted by molar-refractivity contribution is 6.05. The van der Waals surface area contributed by atoms with Gasteiger partial charge in [0, 0.05) is 22.4 Å². The Kier molecular flexibility index (Phi) is 6.83. The Balaban J connectivity index is 1.05. The van der Waals surface area contributed by atoms with Crippen molar-refractivity contribution in [2.45, 2.75) is 11.5 Å². The smallest absolute Gasteiger partial charge is 0.133 e. The first-order chi connectivity index (χ1) is 26.8. The molecule has 254 valence electrons. The third-order valence-corrected chi connectivity index (χ3v) is 11.4. The topological polar surface area (TPSA) is 33.6 Å². The van der Waals surface area contributed by atoms with Gasteiger partial charge in [-0.15, -0.1) is 0 Å². The lowest BCUT2D eigenvalue weighted by Gasteiger charge is -2.40. The number of para-hydroxylation sites is 2. The molecule has 2 aliphatic heterocycles. The third kappa shape index (κ3) is 4.58. The Labute approximate surface area is 314 Å². The van der Waals surface area contributed by atoms with Crippen LogP contribution >= 0.6 is 0 Å². The molecular formula is C51H34N2O. The first-order valence-corrected chi connectivity index (χ1v) is 18.6. The van der Waals surface area contributed by atoms with Gasteiger partial charge in [0.2, 0.25) is 0 Å². The van der Waals surface area contributed by atoms with Crippen LogP contribution in [0.5, 0.6) is 11.5 Å². The number of nitrogens with one attached hydrogen (secondary N) is 1. The molecule has 3 heteroatoms.